The molecule has 1 aromatic rings. The molecule has 2 N–H and O–H groups in total. The minimum absolute atomic E-state index is 0. The molecule has 0 aromatic carbocycles. The van der Waals surface area contributed by atoms with Crippen LogP contribution in [-0.4, -0.2) is 0 Å². The molecular weight excluding hydrogens is 241 g/mol. The van der Waals surface area contributed by atoms with E-state index < -0.39 is 0 Å². The van der Waals surface area contributed by atoms with E-state index in [0.29, 0.717) is 5.92 Å². The van der Waals surface area contributed by atoms with Gasteiger partial charge < -0.3 is 10.2 Å². The average molecular weight is 253 g/mol. The van der Waals surface area contributed by atoms with Gasteiger partial charge in [-0.2, -0.15) is 0 Å². The van der Waals surface area contributed by atoms with Gasteiger partial charge in [-0.15, -0.1) is 12.4 Å². The summed E-state index contributed by atoms with van der Waals surface area (Å²) in [7, 11) is 0. The van der Waals surface area contributed by atoms with Gasteiger partial charge in [0.15, 0.2) is 4.67 Å². The molecule has 68 valence electrons. The van der Waals surface area contributed by atoms with Crippen molar-refractivity contribution >= 4 is 28.3 Å². The van der Waals surface area contributed by atoms with Gasteiger partial charge in [0.25, 0.3) is 0 Å². The average Bonchev–Trinajstić information content (AvgIpc) is 2.74. The van der Waals surface area contributed by atoms with Gasteiger partial charge in [0.1, 0.15) is 5.76 Å². The molecule has 1 aromatic heterocycles. The molecule has 2 nitrogen and oxygen atoms in total. The third kappa shape index (κ3) is 2.03. The van der Waals surface area contributed by atoms with Gasteiger partial charge >= 0.3 is 0 Å². The Bertz CT molecular complexity index is 259. The molecule has 1 aliphatic carbocycles. The Morgan fingerprint density at radius 3 is 2.58 bits per heavy atom. The normalized spacial score (nSPS) is 18.5. The van der Waals surface area contributed by atoms with E-state index in [0.717, 1.165) is 10.4 Å². The molecular formula is C8H11BrClNO. The first kappa shape index (κ1) is 10.1. The minimum Gasteiger partial charge on any atom is -0.453 e. The van der Waals surface area contributed by atoms with Gasteiger partial charge in [0.05, 0.1) is 6.04 Å². The van der Waals surface area contributed by atoms with Gasteiger partial charge in [0, 0.05) is 0 Å². The number of nitrogens with two attached hydrogens (primary N) is 1. The van der Waals surface area contributed by atoms with Crippen LogP contribution in [0.5, 0.6) is 0 Å². The van der Waals surface area contributed by atoms with Crippen LogP contribution < -0.4 is 5.73 Å². The lowest BCUT2D eigenvalue weighted by atomic mass is 10.1. The molecule has 0 radical (unpaired) electrons. The largest absolute Gasteiger partial charge is 0.453 e. The van der Waals surface area contributed by atoms with Crippen LogP contribution in [0.15, 0.2) is 21.2 Å². The summed E-state index contributed by atoms with van der Waals surface area (Å²) in [5.74, 6) is 1.56. The Labute approximate surface area is 86.0 Å². The molecule has 1 aliphatic rings. The van der Waals surface area contributed by atoms with Crippen molar-refractivity contribution < 1.29 is 4.42 Å². The van der Waals surface area contributed by atoms with Crippen LogP contribution in [0, 0.1) is 5.92 Å². The molecule has 1 atom stereocenters. The van der Waals surface area contributed by atoms with Crippen LogP contribution in [0.3, 0.4) is 0 Å². The monoisotopic (exact) mass is 251 g/mol. The van der Waals surface area contributed by atoms with Crippen LogP contribution in [0.25, 0.3) is 0 Å². The van der Waals surface area contributed by atoms with Crippen LogP contribution in [0.1, 0.15) is 24.6 Å². The highest BCUT2D eigenvalue weighted by atomic mass is 79.9. The highest BCUT2D eigenvalue weighted by Crippen LogP contribution is 2.40. The fraction of sp³-hybridized carbons (Fsp3) is 0.500. The van der Waals surface area contributed by atoms with Gasteiger partial charge in [-0.1, -0.05) is 0 Å². The minimum atomic E-state index is 0. The summed E-state index contributed by atoms with van der Waals surface area (Å²) in [5.41, 5.74) is 5.90. The first-order chi connectivity index (χ1) is 5.27. The molecule has 0 amide bonds. The summed E-state index contributed by atoms with van der Waals surface area (Å²) in [5, 5.41) is 0. The molecule has 4 heteroatoms. The van der Waals surface area contributed by atoms with E-state index in [1.807, 2.05) is 12.1 Å². The third-order valence-corrected chi connectivity index (χ3v) is 2.48. The second kappa shape index (κ2) is 3.81. The molecule has 1 saturated carbocycles. The SMILES string of the molecule is Cl.N[C@@H](c1ccc(Br)o1)C1CC1. The van der Waals surface area contributed by atoms with E-state index in [-0.39, 0.29) is 18.4 Å². The lowest BCUT2D eigenvalue weighted by Crippen LogP contribution is -2.10. The summed E-state index contributed by atoms with van der Waals surface area (Å²) in [4.78, 5) is 0. The van der Waals surface area contributed by atoms with Gasteiger partial charge in [-0.25, -0.2) is 0 Å². The van der Waals surface area contributed by atoms with Crippen LogP contribution in [0.2, 0.25) is 0 Å². The number of halogens is 2. The van der Waals surface area contributed by atoms with Crippen molar-refractivity contribution in [3.05, 3.63) is 22.6 Å². The molecule has 0 aliphatic heterocycles. The van der Waals surface area contributed by atoms with E-state index >= 15 is 0 Å². The van der Waals surface area contributed by atoms with Crippen molar-refractivity contribution in [2.24, 2.45) is 11.7 Å². The van der Waals surface area contributed by atoms with Gasteiger partial charge in [-0.3, -0.25) is 0 Å². The highest BCUT2D eigenvalue weighted by Gasteiger charge is 2.31. The first-order valence-corrected chi connectivity index (χ1v) is 4.57. The molecule has 0 bridgehead atoms. The van der Waals surface area contributed by atoms with Crippen LogP contribution >= 0.6 is 28.3 Å². The number of hydrogen-bond donors (Lipinski definition) is 1. The number of rotatable bonds is 2. The Morgan fingerprint density at radius 1 is 1.50 bits per heavy atom. The molecule has 2 rings (SSSR count). The Hall–Kier alpha value is 0.01000. The fourth-order valence-electron chi connectivity index (χ4n) is 1.20. The topological polar surface area (TPSA) is 39.2 Å². The van der Waals surface area contributed by atoms with E-state index in [9.17, 15) is 0 Å². The predicted octanol–water partition coefficient (Wildman–Crippen LogP) is 2.87. The molecule has 0 saturated heterocycles. The van der Waals surface area contributed by atoms with Crippen molar-refractivity contribution in [2.75, 3.05) is 0 Å². The Balaban J connectivity index is 0.000000720. The molecule has 1 fully saturated rings. The Morgan fingerprint density at radius 2 is 2.17 bits per heavy atom. The van der Waals surface area contributed by atoms with E-state index in [2.05, 4.69) is 15.9 Å². The lowest BCUT2D eigenvalue weighted by molar-refractivity contribution is 0.428. The van der Waals surface area contributed by atoms with Crippen LogP contribution in [0.4, 0.5) is 0 Å². The zero-order valence-electron chi connectivity index (χ0n) is 6.50. The van der Waals surface area contributed by atoms with E-state index in [4.69, 9.17) is 10.2 Å². The summed E-state index contributed by atoms with van der Waals surface area (Å²) in [6, 6.07) is 3.94. The van der Waals surface area contributed by atoms with Crippen molar-refractivity contribution in [1.29, 1.82) is 0 Å². The van der Waals surface area contributed by atoms with Gasteiger partial charge in [-0.05, 0) is 46.8 Å². The second-order valence-corrected chi connectivity index (χ2v) is 3.79. The zero-order valence-corrected chi connectivity index (χ0v) is 8.90. The van der Waals surface area contributed by atoms with Gasteiger partial charge in [0.2, 0.25) is 0 Å². The maximum atomic E-state index is 5.90. The zero-order chi connectivity index (χ0) is 7.84. The number of hydrogen-bond acceptors (Lipinski definition) is 2. The fourth-order valence-corrected chi connectivity index (χ4v) is 1.51. The molecule has 1 heterocycles. The maximum absolute atomic E-state index is 5.90. The molecule has 0 spiro atoms. The second-order valence-electron chi connectivity index (χ2n) is 3.01. The molecule has 0 unspecified atom stereocenters. The molecule has 12 heavy (non-hydrogen) atoms. The first-order valence-electron chi connectivity index (χ1n) is 3.78. The van der Waals surface area contributed by atoms with Crippen molar-refractivity contribution in [2.45, 2.75) is 18.9 Å². The summed E-state index contributed by atoms with van der Waals surface area (Å²) >= 11 is 3.25. The number of furan rings is 1. The van der Waals surface area contributed by atoms with Crippen LogP contribution in [-0.2, 0) is 0 Å². The Kier molecular flexibility index (Phi) is 3.21. The van der Waals surface area contributed by atoms with Crippen molar-refractivity contribution in [3.63, 3.8) is 0 Å². The van der Waals surface area contributed by atoms with E-state index in [1.54, 1.807) is 0 Å². The summed E-state index contributed by atoms with van der Waals surface area (Å²) in [6.45, 7) is 0. The van der Waals surface area contributed by atoms with Crippen molar-refractivity contribution in [3.8, 4) is 0 Å². The predicted molar refractivity (Wildman–Crippen MR) is 53.3 cm³/mol. The third-order valence-electron chi connectivity index (χ3n) is 2.05. The standard InChI is InChI=1S/C8H10BrNO.ClH/c9-7-4-3-6(11-7)8(10)5-1-2-5;/h3-5,8H,1-2,10H2;1H/t8-;/m1./s1. The quantitative estimate of drug-likeness (QED) is 0.879. The van der Waals surface area contributed by atoms with Crippen molar-refractivity contribution in [1.82, 2.24) is 0 Å². The summed E-state index contributed by atoms with van der Waals surface area (Å²) in [6.07, 6.45) is 2.50. The smallest absolute Gasteiger partial charge is 0.169 e. The lowest BCUT2D eigenvalue weighted by Gasteiger charge is -2.04. The summed E-state index contributed by atoms with van der Waals surface area (Å²) < 4.78 is 6.11. The maximum Gasteiger partial charge on any atom is 0.169 e. The van der Waals surface area contributed by atoms with E-state index in [1.165, 1.54) is 12.8 Å². The highest BCUT2D eigenvalue weighted by molar-refractivity contribution is 9.10.